The van der Waals surface area contributed by atoms with Gasteiger partial charge >= 0.3 is 0 Å². The first-order chi connectivity index (χ1) is 7.37. The van der Waals surface area contributed by atoms with Crippen LogP contribution in [0.15, 0.2) is 12.1 Å². The van der Waals surface area contributed by atoms with Crippen LogP contribution in [-0.2, 0) is 16.6 Å². The number of rotatable bonds is 2. The van der Waals surface area contributed by atoms with E-state index in [9.17, 15) is 12.8 Å². The van der Waals surface area contributed by atoms with E-state index >= 15 is 0 Å². The molecule has 3 N–H and O–H groups in total. The summed E-state index contributed by atoms with van der Waals surface area (Å²) in [5.41, 5.74) is 1.07. The van der Waals surface area contributed by atoms with Crippen LogP contribution in [0.25, 0.3) is 0 Å². The van der Waals surface area contributed by atoms with E-state index in [1.54, 1.807) is 6.07 Å². The van der Waals surface area contributed by atoms with Gasteiger partial charge in [0, 0.05) is 10.6 Å². The maximum Gasteiger partial charge on any atom is 0.274 e. The van der Waals surface area contributed by atoms with Crippen LogP contribution in [0.3, 0.4) is 0 Å². The Kier molecular flexibility index (Phi) is 2.91. The predicted octanol–water partition coefficient (Wildman–Crippen LogP) is 1.26. The van der Waals surface area contributed by atoms with Crippen LogP contribution in [0.5, 0.6) is 0 Å². The van der Waals surface area contributed by atoms with Crippen LogP contribution in [0.4, 0.5) is 4.39 Å². The van der Waals surface area contributed by atoms with E-state index in [1.165, 1.54) is 6.07 Å². The van der Waals surface area contributed by atoms with Gasteiger partial charge in [-0.25, -0.2) is 9.53 Å². The molecule has 1 unspecified atom stereocenters. The van der Waals surface area contributed by atoms with Crippen LogP contribution < -0.4 is 9.86 Å². The van der Waals surface area contributed by atoms with E-state index in [4.69, 9.17) is 16.7 Å². The fourth-order valence-electron chi connectivity index (χ4n) is 2.00. The van der Waals surface area contributed by atoms with Crippen LogP contribution in [0.1, 0.15) is 23.6 Å². The summed E-state index contributed by atoms with van der Waals surface area (Å²) >= 11 is 5.71. The molecule has 0 aromatic heterocycles. The van der Waals surface area contributed by atoms with Crippen molar-refractivity contribution in [1.29, 1.82) is 0 Å². The number of benzene rings is 1. The Hall–Kier alpha value is -0.690. The Bertz CT molecular complexity index is 533. The smallest absolute Gasteiger partial charge is 0.216 e. The molecule has 0 saturated heterocycles. The lowest BCUT2D eigenvalue weighted by Crippen LogP contribution is -2.33. The molecular formula is C9H10ClFN2O2S. The summed E-state index contributed by atoms with van der Waals surface area (Å²) in [6.07, 6.45) is 1.07. The van der Waals surface area contributed by atoms with Crippen LogP contribution in [0, 0.1) is 5.82 Å². The number of nitrogens with one attached hydrogen (secondary N) is 1. The van der Waals surface area contributed by atoms with Crippen LogP contribution in [0.2, 0.25) is 5.02 Å². The van der Waals surface area contributed by atoms with Gasteiger partial charge in [0.15, 0.2) is 0 Å². The third-order valence-electron chi connectivity index (χ3n) is 2.54. The second kappa shape index (κ2) is 3.96. The van der Waals surface area contributed by atoms with Gasteiger partial charge in [-0.1, -0.05) is 11.6 Å². The summed E-state index contributed by atoms with van der Waals surface area (Å²) in [5.74, 6) is -0.499. The van der Waals surface area contributed by atoms with Crippen molar-refractivity contribution in [3.05, 3.63) is 34.1 Å². The molecule has 1 aromatic carbocycles. The highest BCUT2D eigenvalue weighted by molar-refractivity contribution is 7.87. The third kappa shape index (κ3) is 2.35. The first-order valence-corrected chi connectivity index (χ1v) is 6.57. The molecule has 0 radical (unpaired) electrons. The largest absolute Gasteiger partial charge is 0.274 e. The van der Waals surface area contributed by atoms with Gasteiger partial charge < -0.3 is 0 Å². The van der Waals surface area contributed by atoms with Crippen molar-refractivity contribution in [1.82, 2.24) is 4.72 Å². The molecule has 0 spiro atoms. The average Bonchev–Trinajstić information content (AvgIpc) is 2.44. The van der Waals surface area contributed by atoms with Gasteiger partial charge in [-0.3, -0.25) is 0 Å². The van der Waals surface area contributed by atoms with Crippen molar-refractivity contribution in [2.75, 3.05) is 0 Å². The first-order valence-electron chi connectivity index (χ1n) is 4.64. The third-order valence-corrected chi connectivity index (χ3v) is 3.37. The monoisotopic (exact) mass is 264 g/mol. The molecule has 1 aromatic rings. The van der Waals surface area contributed by atoms with E-state index in [1.807, 2.05) is 0 Å². The molecule has 0 aliphatic heterocycles. The van der Waals surface area contributed by atoms with Crippen molar-refractivity contribution < 1.29 is 12.8 Å². The minimum Gasteiger partial charge on any atom is -0.216 e. The van der Waals surface area contributed by atoms with Crippen molar-refractivity contribution >= 4 is 21.8 Å². The number of hydrogen-bond donors (Lipinski definition) is 2. The van der Waals surface area contributed by atoms with Crippen molar-refractivity contribution in [2.24, 2.45) is 5.14 Å². The van der Waals surface area contributed by atoms with E-state index in [0.717, 1.165) is 5.56 Å². The quantitative estimate of drug-likeness (QED) is 0.844. The molecule has 0 amide bonds. The van der Waals surface area contributed by atoms with E-state index in [-0.39, 0.29) is 0 Å². The Labute approximate surface area is 97.8 Å². The van der Waals surface area contributed by atoms with Gasteiger partial charge in [-0.05, 0) is 30.5 Å². The molecular weight excluding hydrogens is 255 g/mol. The van der Waals surface area contributed by atoms with Crippen molar-refractivity contribution in [3.63, 3.8) is 0 Å². The second-order valence-corrected chi connectivity index (χ2v) is 5.48. The van der Waals surface area contributed by atoms with Gasteiger partial charge in [-0.2, -0.15) is 13.1 Å². The number of nitrogens with two attached hydrogens (primary N) is 1. The molecule has 16 heavy (non-hydrogen) atoms. The molecule has 0 bridgehead atoms. The molecule has 0 fully saturated rings. The van der Waals surface area contributed by atoms with E-state index in [2.05, 4.69) is 4.72 Å². The molecule has 7 heteroatoms. The summed E-state index contributed by atoms with van der Waals surface area (Å²) in [5, 5.41) is 5.18. The minimum atomic E-state index is -3.83. The fourth-order valence-corrected chi connectivity index (χ4v) is 2.86. The highest BCUT2D eigenvalue weighted by Gasteiger charge is 2.28. The molecule has 0 heterocycles. The van der Waals surface area contributed by atoms with Gasteiger partial charge in [-0.15, -0.1) is 0 Å². The zero-order valence-electron chi connectivity index (χ0n) is 8.20. The summed E-state index contributed by atoms with van der Waals surface area (Å²) in [6, 6.07) is 2.22. The molecule has 1 atom stereocenters. The first kappa shape index (κ1) is 11.8. The van der Waals surface area contributed by atoms with E-state index < -0.39 is 22.1 Å². The SMILES string of the molecule is NS(=O)(=O)NC1CCc2cc(Cl)cc(F)c21. The average molecular weight is 265 g/mol. The van der Waals surface area contributed by atoms with Crippen LogP contribution in [-0.4, -0.2) is 8.42 Å². The summed E-state index contributed by atoms with van der Waals surface area (Å²) in [6.45, 7) is 0. The zero-order chi connectivity index (χ0) is 11.9. The van der Waals surface area contributed by atoms with Gasteiger partial charge in [0.1, 0.15) is 5.82 Å². The highest BCUT2D eigenvalue weighted by Crippen LogP contribution is 2.35. The predicted molar refractivity (Wildman–Crippen MR) is 58.7 cm³/mol. The molecule has 1 aliphatic carbocycles. The molecule has 0 saturated carbocycles. The Morgan fingerprint density at radius 2 is 2.19 bits per heavy atom. The standard InChI is InChI=1S/C9H10ClFN2O2S/c10-6-3-5-1-2-8(13-16(12,14)15)9(5)7(11)4-6/h3-4,8,13H,1-2H2,(H2,12,14,15). The topological polar surface area (TPSA) is 72.2 Å². The molecule has 88 valence electrons. The van der Waals surface area contributed by atoms with Gasteiger partial charge in [0.25, 0.3) is 10.2 Å². The summed E-state index contributed by atoms with van der Waals surface area (Å²) < 4.78 is 37.6. The Balaban J connectivity index is 2.40. The van der Waals surface area contributed by atoms with Gasteiger partial charge in [0.05, 0.1) is 6.04 Å². The molecule has 1 aliphatic rings. The summed E-state index contributed by atoms with van der Waals surface area (Å²) in [7, 11) is -3.83. The maximum atomic E-state index is 13.6. The summed E-state index contributed by atoms with van der Waals surface area (Å²) in [4.78, 5) is 0. The minimum absolute atomic E-state index is 0.313. The zero-order valence-corrected chi connectivity index (χ0v) is 9.78. The van der Waals surface area contributed by atoms with E-state index in [0.29, 0.717) is 23.4 Å². The van der Waals surface area contributed by atoms with Crippen LogP contribution >= 0.6 is 11.6 Å². The lowest BCUT2D eigenvalue weighted by atomic mass is 10.1. The molecule has 2 rings (SSSR count). The lowest BCUT2D eigenvalue weighted by Gasteiger charge is -2.12. The van der Waals surface area contributed by atoms with Gasteiger partial charge in [0.2, 0.25) is 0 Å². The normalized spacial score (nSPS) is 19.8. The highest BCUT2D eigenvalue weighted by atomic mass is 35.5. The Morgan fingerprint density at radius 3 is 2.81 bits per heavy atom. The number of hydrogen-bond acceptors (Lipinski definition) is 2. The second-order valence-electron chi connectivity index (χ2n) is 3.71. The van der Waals surface area contributed by atoms with Crippen molar-refractivity contribution in [3.8, 4) is 0 Å². The van der Waals surface area contributed by atoms with Crippen molar-refractivity contribution in [2.45, 2.75) is 18.9 Å². The Morgan fingerprint density at radius 1 is 1.50 bits per heavy atom. The number of fused-ring (bicyclic) bond motifs is 1. The molecule has 4 nitrogen and oxygen atoms in total. The number of halogens is 2. The fraction of sp³-hybridized carbons (Fsp3) is 0.333. The lowest BCUT2D eigenvalue weighted by molar-refractivity contribution is 0.539. The maximum absolute atomic E-state index is 13.6. The number of aryl methyl sites for hydroxylation is 1.